The maximum Gasteiger partial charge on any atom is 0.274 e. The zero-order chi connectivity index (χ0) is 31.8. The number of carbonyl (C=O) groups excluding carboxylic acids is 2. The first-order chi connectivity index (χ1) is 21.9. The van der Waals surface area contributed by atoms with Crippen LogP contribution in [0.1, 0.15) is 40.0 Å². The molecule has 0 saturated carbocycles. The van der Waals surface area contributed by atoms with Gasteiger partial charge in [0.05, 0.1) is 24.4 Å². The van der Waals surface area contributed by atoms with Crippen LogP contribution in [0, 0.1) is 6.92 Å². The van der Waals surface area contributed by atoms with Crippen LogP contribution in [0.5, 0.6) is 5.75 Å². The summed E-state index contributed by atoms with van der Waals surface area (Å²) < 4.78 is 5.70. The summed E-state index contributed by atoms with van der Waals surface area (Å²) in [5.41, 5.74) is 6.79. The summed E-state index contributed by atoms with van der Waals surface area (Å²) in [7, 11) is 1.63. The number of aliphatic hydroxyl groups is 1. The number of hydrogen-bond acceptors (Lipinski definition) is 8. The van der Waals surface area contributed by atoms with E-state index in [1.807, 2.05) is 55.5 Å². The van der Waals surface area contributed by atoms with Crippen molar-refractivity contribution in [2.75, 3.05) is 32.1 Å². The molecule has 5 rings (SSSR count). The topological polar surface area (TPSA) is 138 Å². The number of rotatable bonds is 13. The molecule has 0 aliphatic carbocycles. The third kappa shape index (κ3) is 7.84. The monoisotopic (exact) mass is 628 g/mol. The van der Waals surface area contributed by atoms with Gasteiger partial charge in [-0.25, -0.2) is 0 Å². The van der Waals surface area contributed by atoms with Crippen molar-refractivity contribution in [3.05, 3.63) is 94.4 Å². The van der Waals surface area contributed by atoms with Gasteiger partial charge in [-0.05, 0) is 54.3 Å². The molecule has 1 aliphatic heterocycles. The lowest BCUT2D eigenvalue weighted by molar-refractivity contribution is -0.119. The second kappa shape index (κ2) is 15.1. The average molecular weight is 629 g/mol. The highest BCUT2D eigenvalue weighted by molar-refractivity contribution is 6.35. The van der Waals surface area contributed by atoms with Crippen molar-refractivity contribution in [1.82, 2.24) is 25.9 Å². The van der Waals surface area contributed by atoms with E-state index in [0.717, 1.165) is 39.8 Å². The molecule has 5 N–H and O–H groups in total. The Bertz CT molecular complexity index is 1660. The fraction of sp³-hybridized carbons (Fsp3) is 0.294. The lowest BCUT2D eigenvalue weighted by Gasteiger charge is -2.16. The number of halogens is 1. The Morgan fingerprint density at radius 2 is 1.96 bits per heavy atom. The lowest BCUT2D eigenvalue weighted by Crippen LogP contribution is -2.35. The summed E-state index contributed by atoms with van der Waals surface area (Å²) in [5, 5.41) is 21.9. The second-order valence-corrected chi connectivity index (χ2v) is 11.2. The third-order valence-corrected chi connectivity index (χ3v) is 8.17. The number of methoxy groups -OCH3 is 1. The van der Waals surface area contributed by atoms with E-state index in [4.69, 9.17) is 21.4 Å². The normalized spacial score (nSPS) is 14.3. The van der Waals surface area contributed by atoms with Gasteiger partial charge >= 0.3 is 0 Å². The molecule has 1 saturated heterocycles. The van der Waals surface area contributed by atoms with Gasteiger partial charge in [0.25, 0.3) is 5.91 Å². The number of nitrogens with zero attached hydrogens (tertiary/aromatic N) is 2. The van der Waals surface area contributed by atoms with E-state index in [9.17, 15) is 9.59 Å². The van der Waals surface area contributed by atoms with Crippen LogP contribution >= 0.6 is 11.6 Å². The molecule has 0 bridgehead atoms. The van der Waals surface area contributed by atoms with Crippen molar-refractivity contribution in [2.45, 2.75) is 38.9 Å². The number of amides is 2. The van der Waals surface area contributed by atoms with Crippen molar-refractivity contribution in [3.8, 4) is 28.1 Å². The first kappa shape index (κ1) is 32.1. The largest absolute Gasteiger partial charge is 0.496 e. The Morgan fingerprint density at radius 1 is 1.09 bits per heavy atom. The molecule has 1 fully saturated rings. The minimum absolute atomic E-state index is 0.0585. The van der Waals surface area contributed by atoms with Crippen LogP contribution in [-0.4, -0.2) is 59.7 Å². The minimum Gasteiger partial charge on any atom is -0.496 e. The van der Waals surface area contributed by atoms with Crippen LogP contribution < -0.4 is 26.0 Å². The second-order valence-electron chi connectivity index (χ2n) is 10.9. The van der Waals surface area contributed by atoms with Gasteiger partial charge in [-0.15, -0.1) is 0 Å². The van der Waals surface area contributed by atoms with Gasteiger partial charge in [-0.3, -0.25) is 19.6 Å². The number of ether oxygens (including phenoxy) is 1. The molecular weight excluding hydrogens is 592 g/mol. The van der Waals surface area contributed by atoms with Gasteiger partial charge in [-0.2, -0.15) is 0 Å². The average Bonchev–Trinajstić information content (AvgIpc) is 3.47. The molecule has 0 spiro atoms. The highest BCUT2D eigenvalue weighted by Crippen LogP contribution is 2.39. The number of benzene rings is 2. The third-order valence-electron chi connectivity index (χ3n) is 7.79. The molecule has 0 radical (unpaired) electrons. The van der Waals surface area contributed by atoms with E-state index < -0.39 is 0 Å². The Balaban J connectivity index is 1.32. The van der Waals surface area contributed by atoms with Gasteiger partial charge in [0.1, 0.15) is 11.4 Å². The standard InChI is InChI=1S/C34H37ClN6O4/c1-21-26(4-3-5-28(21)41-34(44)29-10-6-22(18-39-29)17-36-14-15-42)27-12-13-38-33(32(27)35)23-7-8-24(30(16-23)45-2)19-37-20-25-9-11-31(43)40-25/h3-8,10,12-13,16,18,25,36-37,42H,9,11,14-15,17,19-20H2,1-2H3,(H,40,43)(H,41,44)/t25-/m1/s1. The van der Waals surface area contributed by atoms with Crippen LogP contribution in [0.2, 0.25) is 5.02 Å². The molecule has 1 aliphatic rings. The Kier molecular flexibility index (Phi) is 10.7. The van der Waals surface area contributed by atoms with E-state index in [0.29, 0.717) is 60.4 Å². The first-order valence-electron chi connectivity index (χ1n) is 14.9. The molecule has 45 heavy (non-hydrogen) atoms. The van der Waals surface area contributed by atoms with Crippen LogP contribution in [0.25, 0.3) is 22.4 Å². The van der Waals surface area contributed by atoms with E-state index in [2.05, 4.69) is 31.2 Å². The highest BCUT2D eigenvalue weighted by Gasteiger charge is 2.21. The lowest BCUT2D eigenvalue weighted by atomic mass is 9.97. The summed E-state index contributed by atoms with van der Waals surface area (Å²) >= 11 is 7.00. The van der Waals surface area contributed by atoms with Crippen LogP contribution in [0.3, 0.4) is 0 Å². The van der Waals surface area contributed by atoms with Crippen LogP contribution in [-0.2, 0) is 17.9 Å². The molecule has 1 atom stereocenters. The molecule has 0 unspecified atom stereocenters. The predicted octanol–water partition coefficient (Wildman–Crippen LogP) is 4.48. The molecule has 2 aromatic carbocycles. The SMILES string of the molecule is COc1cc(-c2nccc(-c3cccc(NC(=O)c4ccc(CNCCO)cn4)c3C)c2Cl)ccc1CNC[C@H]1CCC(=O)N1. The summed E-state index contributed by atoms with van der Waals surface area (Å²) in [4.78, 5) is 33.4. The predicted molar refractivity (Wildman–Crippen MR) is 175 cm³/mol. The zero-order valence-electron chi connectivity index (χ0n) is 25.3. The molecule has 3 heterocycles. The number of aromatic nitrogens is 2. The van der Waals surface area contributed by atoms with Gasteiger partial charge in [-0.1, -0.05) is 41.9 Å². The van der Waals surface area contributed by atoms with E-state index >= 15 is 0 Å². The molecule has 2 amide bonds. The zero-order valence-corrected chi connectivity index (χ0v) is 26.1. The number of aliphatic hydroxyl groups excluding tert-OH is 1. The molecule has 2 aromatic heterocycles. The van der Waals surface area contributed by atoms with Gasteiger partial charge in [0.2, 0.25) is 5.91 Å². The van der Waals surface area contributed by atoms with Gasteiger partial charge < -0.3 is 31.1 Å². The summed E-state index contributed by atoms with van der Waals surface area (Å²) in [6, 6.07) is 17.1. The Morgan fingerprint density at radius 3 is 2.69 bits per heavy atom. The Labute approximate surface area is 267 Å². The van der Waals surface area contributed by atoms with Crippen LogP contribution in [0.15, 0.2) is 67.0 Å². The van der Waals surface area contributed by atoms with Crippen molar-refractivity contribution < 1.29 is 19.4 Å². The first-order valence-corrected chi connectivity index (χ1v) is 15.3. The summed E-state index contributed by atoms with van der Waals surface area (Å²) in [6.07, 6.45) is 4.79. The quantitative estimate of drug-likeness (QED) is 0.137. The number of pyridine rings is 2. The minimum atomic E-state index is -0.318. The smallest absolute Gasteiger partial charge is 0.274 e. The molecule has 234 valence electrons. The van der Waals surface area contributed by atoms with Crippen LogP contribution in [0.4, 0.5) is 5.69 Å². The molecule has 11 heteroatoms. The Hall–Kier alpha value is -4.35. The van der Waals surface area contributed by atoms with Crippen molar-refractivity contribution >= 4 is 29.1 Å². The molecule has 4 aromatic rings. The van der Waals surface area contributed by atoms with Gasteiger partial charge in [0, 0.05) is 73.4 Å². The summed E-state index contributed by atoms with van der Waals surface area (Å²) in [6.45, 7) is 4.33. The summed E-state index contributed by atoms with van der Waals surface area (Å²) in [5.74, 6) is 0.495. The fourth-order valence-electron chi connectivity index (χ4n) is 5.33. The molecule has 10 nitrogen and oxygen atoms in total. The fourth-order valence-corrected chi connectivity index (χ4v) is 5.65. The molecular formula is C34H37ClN6O4. The maximum absolute atomic E-state index is 13.0. The van der Waals surface area contributed by atoms with Crippen molar-refractivity contribution in [3.63, 3.8) is 0 Å². The van der Waals surface area contributed by atoms with E-state index in [1.165, 1.54) is 0 Å². The number of hydrogen-bond donors (Lipinski definition) is 5. The highest BCUT2D eigenvalue weighted by atomic mass is 35.5. The van der Waals surface area contributed by atoms with Crippen molar-refractivity contribution in [1.29, 1.82) is 0 Å². The van der Waals surface area contributed by atoms with Gasteiger partial charge in [0.15, 0.2) is 0 Å². The number of nitrogens with one attached hydrogen (secondary N) is 4. The number of carbonyl (C=O) groups is 2. The van der Waals surface area contributed by atoms with E-state index in [-0.39, 0.29) is 24.5 Å². The van der Waals surface area contributed by atoms with Crippen molar-refractivity contribution in [2.24, 2.45) is 0 Å². The van der Waals surface area contributed by atoms with E-state index in [1.54, 1.807) is 25.6 Å². The maximum atomic E-state index is 13.0. The number of anilines is 1.